The maximum atomic E-state index is 14.2. The standard InChI is InChI=1S/C27H26F3N3O7S2.Na/c1-16(2)19-12-18(39-13-25(34)35)8-9-24(19)42(37,38)33-22-7-5-4-6-20(22)32-26(33)41(36)14-21-17(3)23(10-11-31-21)40-15-27(28,29)30;/h4-12,16H,13-15H2,1-3H3,(H,34,35);. The molecule has 0 aliphatic carbocycles. The Hall–Kier alpha value is -2.98. The zero-order valence-corrected chi connectivity index (χ0v) is 27.2. The van der Waals surface area contributed by atoms with Crippen molar-refractivity contribution in [3.8, 4) is 11.5 Å². The van der Waals surface area contributed by atoms with Crippen molar-refractivity contribution < 1.29 is 45.2 Å². The topological polar surface area (TPSA) is 138 Å². The largest absolute Gasteiger partial charge is 0.484 e. The number of rotatable bonds is 11. The van der Waals surface area contributed by atoms with Gasteiger partial charge in [-0.3, -0.25) is 9.19 Å². The Balaban J connectivity index is 0.00000506. The summed E-state index contributed by atoms with van der Waals surface area (Å²) in [6.45, 7) is 2.83. The third-order valence-corrected chi connectivity index (χ3v) is 9.21. The molecule has 16 heteroatoms. The molecule has 0 bridgehead atoms. The molecule has 0 saturated heterocycles. The number of fused-ring (bicyclic) bond motifs is 1. The molecule has 1 N–H and O–H groups in total. The molecule has 0 spiro atoms. The maximum absolute atomic E-state index is 14.2. The summed E-state index contributed by atoms with van der Waals surface area (Å²) >= 11 is 0. The van der Waals surface area contributed by atoms with Gasteiger partial charge in [-0.05, 0) is 54.8 Å². The van der Waals surface area contributed by atoms with Crippen LogP contribution in [0.15, 0.2) is 64.8 Å². The first-order valence-electron chi connectivity index (χ1n) is 12.4. The molecule has 225 valence electrons. The van der Waals surface area contributed by atoms with Gasteiger partial charge in [0.05, 0.1) is 38.2 Å². The molecule has 1 atom stereocenters. The minimum Gasteiger partial charge on any atom is -0.484 e. The van der Waals surface area contributed by atoms with Crippen LogP contribution in [0.5, 0.6) is 11.5 Å². The van der Waals surface area contributed by atoms with Gasteiger partial charge in [-0.1, -0.05) is 26.0 Å². The van der Waals surface area contributed by atoms with Crippen LogP contribution in [-0.4, -0.2) is 86.6 Å². The fourth-order valence-corrected chi connectivity index (χ4v) is 7.50. The first-order valence-corrected chi connectivity index (χ1v) is 15.2. The normalized spacial score (nSPS) is 12.6. The predicted molar refractivity (Wildman–Crippen MR) is 152 cm³/mol. The number of ether oxygens (including phenoxy) is 2. The summed E-state index contributed by atoms with van der Waals surface area (Å²) in [6, 6.07) is 11.6. The maximum Gasteiger partial charge on any atom is 0.422 e. The molecule has 2 aromatic carbocycles. The number of benzene rings is 2. The second-order valence-corrected chi connectivity index (χ2v) is 12.6. The van der Waals surface area contributed by atoms with Gasteiger partial charge < -0.3 is 14.6 Å². The quantitative estimate of drug-likeness (QED) is 0.234. The molecular formula is C27H26F3N3NaO7S2. The van der Waals surface area contributed by atoms with Crippen molar-refractivity contribution in [1.82, 2.24) is 13.9 Å². The molecule has 2 heterocycles. The fourth-order valence-electron chi connectivity index (χ4n) is 4.11. The summed E-state index contributed by atoms with van der Waals surface area (Å²) in [6.07, 6.45) is -3.35. The van der Waals surface area contributed by atoms with E-state index in [1.807, 2.05) is 0 Å². The van der Waals surface area contributed by atoms with Crippen LogP contribution in [0.2, 0.25) is 0 Å². The second kappa shape index (κ2) is 13.8. The number of para-hydroxylation sites is 2. The van der Waals surface area contributed by atoms with Crippen LogP contribution >= 0.6 is 0 Å². The van der Waals surface area contributed by atoms with Gasteiger partial charge in [-0.15, -0.1) is 0 Å². The van der Waals surface area contributed by atoms with Crippen LogP contribution in [0.4, 0.5) is 13.2 Å². The average molecular weight is 649 g/mol. The number of nitrogens with zero attached hydrogens (tertiary/aromatic N) is 3. The van der Waals surface area contributed by atoms with Crippen molar-refractivity contribution in [2.24, 2.45) is 0 Å². The summed E-state index contributed by atoms with van der Waals surface area (Å²) in [7, 11) is -6.56. The molecule has 0 saturated carbocycles. The van der Waals surface area contributed by atoms with Gasteiger partial charge in [0.25, 0.3) is 10.0 Å². The summed E-state index contributed by atoms with van der Waals surface area (Å²) in [4.78, 5) is 19.3. The number of hydrogen-bond acceptors (Lipinski definition) is 8. The van der Waals surface area contributed by atoms with Crippen molar-refractivity contribution >= 4 is 67.4 Å². The minimum absolute atomic E-state index is 0. The van der Waals surface area contributed by atoms with Crippen molar-refractivity contribution in [1.29, 1.82) is 0 Å². The number of carbonyl (C=O) groups is 1. The molecule has 4 rings (SSSR count). The van der Waals surface area contributed by atoms with E-state index in [-0.39, 0.29) is 85.1 Å². The van der Waals surface area contributed by atoms with E-state index in [9.17, 15) is 30.6 Å². The number of alkyl halides is 3. The smallest absolute Gasteiger partial charge is 0.422 e. The molecule has 0 fully saturated rings. The molecule has 0 amide bonds. The summed E-state index contributed by atoms with van der Waals surface area (Å²) in [5.41, 5.74) is 1.11. The van der Waals surface area contributed by atoms with E-state index in [0.29, 0.717) is 5.56 Å². The number of aliphatic carboxylic acids is 1. The van der Waals surface area contributed by atoms with Crippen molar-refractivity contribution in [2.45, 2.75) is 48.7 Å². The second-order valence-electron chi connectivity index (χ2n) is 9.46. The zero-order valence-electron chi connectivity index (χ0n) is 23.6. The Morgan fingerprint density at radius 3 is 2.47 bits per heavy atom. The SMILES string of the molecule is Cc1c(OCC(F)(F)F)ccnc1CS(=O)c1nc2ccccc2n1S(=O)(=O)c1ccc(OCC(=O)O)cc1C(C)C.[Na]. The summed E-state index contributed by atoms with van der Waals surface area (Å²) in [5.74, 6) is -1.82. The molecule has 0 aliphatic rings. The van der Waals surface area contributed by atoms with Crippen LogP contribution in [0.25, 0.3) is 11.0 Å². The third kappa shape index (κ3) is 7.95. The van der Waals surface area contributed by atoms with E-state index >= 15 is 0 Å². The minimum atomic E-state index is -4.56. The molecule has 10 nitrogen and oxygen atoms in total. The van der Waals surface area contributed by atoms with Gasteiger partial charge in [0.2, 0.25) is 5.16 Å². The number of pyridine rings is 1. The van der Waals surface area contributed by atoms with Crippen LogP contribution in [0.3, 0.4) is 0 Å². The van der Waals surface area contributed by atoms with Gasteiger partial charge in [-0.2, -0.15) is 13.2 Å². The van der Waals surface area contributed by atoms with Gasteiger partial charge in [0, 0.05) is 41.3 Å². The Kier molecular flexibility index (Phi) is 11.0. The van der Waals surface area contributed by atoms with E-state index in [1.165, 1.54) is 43.5 Å². The van der Waals surface area contributed by atoms with E-state index in [1.54, 1.807) is 32.0 Å². The number of aromatic nitrogens is 3. The number of carboxylic acid groups (broad SMARTS) is 1. The molecule has 1 radical (unpaired) electrons. The molecule has 43 heavy (non-hydrogen) atoms. The summed E-state index contributed by atoms with van der Waals surface area (Å²) in [5, 5.41) is 8.62. The van der Waals surface area contributed by atoms with E-state index in [4.69, 9.17) is 14.6 Å². The van der Waals surface area contributed by atoms with Crippen molar-refractivity contribution in [3.63, 3.8) is 0 Å². The van der Waals surface area contributed by atoms with Crippen LogP contribution in [0, 0.1) is 6.92 Å². The van der Waals surface area contributed by atoms with Gasteiger partial charge >= 0.3 is 12.1 Å². The van der Waals surface area contributed by atoms with Crippen LogP contribution in [-0.2, 0) is 31.4 Å². The average Bonchev–Trinajstić information content (AvgIpc) is 3.32. The monoisotopic (exact) mass is 648 g/mol. The van der Waals surface area contributed by atoms with Crippen LogP contribution in [0.1, 0.15) is 36.6 Å². The Morgan fingerprint density at radius 2 is 1.81 bits per heavy atom. The molecule has 2 aromatic heterocycles. The zero-order chi connectivity index (χ0) is 30.8. The first-order chi connectivity index (χ1) is 19.7. The summed E-state index contributed by atoms with van der Waals surface area (Å²) < 4.78 is 91.2. The van der Waals surface area contributed by atoms with E-state index < -0.39 is 46.2 Å². The van der Waals surface area contributed by atoms with Gasteiger partial charge in [0.15, 0.2) is 13.2 Å². The van der Waals surface area contributed by atoms with E-state index in [2.05, 4.69) is 9.97 Å². The van der Waals surface area contributed by atoms with Crippen LogP contribution < -0.4 is 9.47 Å². The number of hydrogen-bond donors (Lipinski definition) is 1. The van der Waals surface area contributed by atoms with Gasteiger partial charge in [0.1, 0.15) is 11.5 Å². The number of halogens is 3. The molecule has 4 aromatic rings. The fraction of sp³-hybridized carbons (Fsp3) is 0.296. The van der Waals surface area contributed by atoms with Crippen molar-refractivity contribution in [2.75, 3.05) is 13.2 Å². The third-order valence-electron chi connectivity index (χ3n) is 6.10. The predicted octanol–water partition coefficient (Wildman–Crippen LogP) is 4.43. The Morgan fingerprint density at radius 1 is 1.12 bits per heavy atom. The Labute approximate surface area is 270 Å². The molecule has 1 unspecified atom stereocenters. The van der Waals surface area contributed by atoms with E-state index in [0.717, 1.165) is 3.97 Å². The van der Waals surface area contributed by atoms with Crippen molar-refractivity contribution in [3.05, 3.63) is 71.5 Å². The number of imidazole rings is 1. The first kappa shape index (κ1) is 34.5. The van der Waals surface area contributed by atoms with Gasteiger partial charge in [-0.25, -0.2) is 22.2 Å². The molecular weight excluding hydrogens is 622 g/mol. The molecule has 0 aliphatic heterocycles. The number of carboxylic acids is 1. The Bertz CT molecular complexity index is 1780.